The number of benzene rings is 1. The summed E-state index contributed by atoms with van der Waals surface area (Å²) in [6.07, 6.45) is 5.41. The summed E-state index contributed by atoms with van der Waals surface area (Å²) in [6.45, 7) is 2.55. The van der Waals surface area contributed by atoms with E-state index in [-0.39, 0.29) is 10.8 Å². The lowest BCUT2D eigenvalue weighted by molar-refractivity contribution is 0.281. The predicted octanol–water partition coefficient (Wildman–Crippen LogP) is 3.53. The fourth-order valence-corrected chi connectivity index (χ4v) is 5.68. The molecule has 0 bridgehead atoms. The third-order valence-electron chi connectivity index (χ3n) is 5.21. The average Bonchev–Trinajstić information content (AvgIpc) is 3.30. The lowest BCUT2D eigenvalue weighted by atomic mass is 10.00. The predicted molar refractivity (Wildman–Crippen MR) is 109 cm³/mol. The van der Waals surface area contributed by atoms with Crippen LogP contribution in [-0.2, 0) is 23.5 Å². The van der Waals surface area contributed by atoms with Crippen molar-refractivity contribution in [3.8, 4) is 0 Å². The van der Waals surface area contributed by atoms with E-state index in [0.29, 0.717) is 36.1 Å². The van der Waals surface area contributed by atoms with Crippen molar-refractivity contribution in [2.24, 2.45) is 7.05 Å². The van der Waals surface area contributed by atoms with Gasteiger partial charge in [-0.25, -0.2) is 13.4 Å². The van der Waals surface area contributed by atoms with Crippen molar-refractivity contribution in [1.82, 2.24) is 19.1 Å². The van der Waals surface area contributed by atoms with Crippen molar-refractivity contribution in [1.29, 1.82) is 0 Å². The van der Waals surface area contributed by atoms with Crippen LogP contribution < -0.4 is 0 Å². The highest BCUT2D eigenvalue weighted by molar-refractivity contribution is 7.89. The molecule has 0 radical (unpaired) electrons. The number of sulfonamides is 1. The lowest BCUT2D eigenvalue weighted by Gasteiger charge is -2.30. The number of oxazole rings is 1. The molecule has 0 aliphatic carbocycles. The van der Waals surface area contributed by atoms with Crippen molar-refractivity contribution in [3.63, 3.8) is 0 Å². The Balaban J connectivity index is 1.51. The molecule has 3 aromatic rings. The van der Waals surface area contributed by atoms with E-state index in [1.807, 2.05) is 24.3 Å². The van der Waals surface area contributed by atoms with E-state index >= 15 is 0 Å². The first-order valence-corrected chi connectivity index (χ1v) is 11.3. The Morgan fingerprint density at radius 2 is 2.10 bits per heavy atom. The van der Waals surface area contributed by atoms with Gasteiger partial charge in [-0.15, -0.1) is 0 Å². The fourth-order valence-electron chi connectivity index (χ4n) is 3.76. The first-order chi connectivity index (χ1) is 13.8. The molecule has 7 nitrogen and oxygen atoms in total. The molecule has 9 heteroatoms. The van der Waals surface area contributed by atoms with Crippen LogP contribution in [0, 0.1) is 6.92 Å². The molecule has 1 fully saturated rings. The van der Waals surface area contributed by atoms with Crippen molar-refractivity contribution in [2.45, 2.75) is 37.0 Å². The van der Waals surface area contributed by atoms with Gasteiger partial charge in [0, 0.05) is 43.7 Å². The third kappa shape index (κ3) is 4.10. The van der Waals surface area contributed by atoms with Gasteiger partial charge in [0.1, 0.15) is 10.7 Å². The number of hydrogen-bond acceptors (Lipinski definition) is 5. The number of nitrogens with zero attached hydrogens (tertiary/aromatic N) is 4. The number of hydrogen-bond donors (Lipinski definition) is 0. The lowest BCUT2D eigenvalue weighted by Crippen LogP contribution is -2.39. The summed E-state index contributed by atoms with van der Waals surface area (Å²) < 4.78 is 35.2. The second-order valence-corrected chi connectivity index (χ2v) is 9.70. The number of aryl methyl sites for hydroxylation is 2. The zero-order valence-corrected chi connectivity index (χ0v) is 17.9. The molecule has 1 aliphatic heterocycles. The van der Waals surface area contributed by atoms with Gasteiger partial charge in [0.15, 0.2) is 5.89 Å². The van der Waals surface area contributed by atoms with Crippen molar-refractivity contribution in [3.05, 3.63) is 64.6 Å². The maximum atomic E-state index is 13.1. The molecule has 1 aromatic carbocycles. The van der Waals surface area contributed by atoms with Crippen LogP contribution in [0.1, 0.15) is 41.7 Å². The zero-order chi connectivity index (χ0) is 20.6. The van der Waals surface area contributed by atoms with Crippen LogP contribution in [0.3, 0.4) is 0 Å². The summed E-state index contributed by atoms with van der Waals surface area (Å²) in [5.41, 5.74) is 1.48. The maximum absolute atomic E-state index is 13.1. The van der Waals surface area contributed by atoms with Crippen molar-refractivity contribution in [2.75, 3.05) is 13.1 Å². The van der Waals surface area contributed by atoms with Crippen LogP contribution in [0.15, 0.2) is 46.0 Å². The van der Waals surface area contributed by atoms with E-state index < -0.39 is 10.0 Å². The molecule has 1 atom stereocenters. The quantitative estimate of drug-likeness (QED) is 0.613. The minimum absolute atomic E-state index is 0.0736. The summed E-state index contributed by atoms with van der Waals surface area (Å²) in [6, 6.07) is 7.62. The van der Waals surface area contributed by atoms with E-state index in [0.717, 1.165) is 24.2 Å². The van der Waals surface area contributed by atoms with E-state index in [9.17, 15) is 8.42 Å². The number of aromatic nitrogens is 3. The highest BCUT2D eigenvalue weighted by atomic mass is 35.5. The Morgan fingerprint density at radius 1 is 1.31 bits per heavy atom. The second-order valence-electron chi connectivity index (χ2n) is 7.39. The molecule has 154 valence electrons. The smallest absolute Gasteiger partial charge is 0.246 e. The summed E-state index contributed by atoms with van der Waals surface area (Å²) in [4.78, 5) is 4.69. The van der Waals surface area contributed by atoms with E-state index in [4.69, 9.17) is 16.0 Å². The molecule has 0 N–H and O–H groups in total. The Hall–Kier alpha value is -2.16. The first kappa shape index (κ1) is 20.1. The highest BCUT2D eigenvalue weighted by Crippen LogP contribution is 2.31. The van der Waals surface area contributed by atoms with Crippen molar-refractivity contribution < 1.29 is 12.8 Å². The van der Waals surface area contributed by atoms with Gasteiger partial charge in [0.05, 0.1) is 11.9 Å². The van der Waals surface area contributed by atoms with E-state index in [1.165, 1.54) is 8.99 Å². The standard InChI is InChI=1S/C20H23ClN4O3S/c1-14-19(13-24(2)23-14)29(26,27)25-9-5-7-16(12-25)20-22-11-17(28-20)10-15-6-3-4-8-18(15)21/h3-4,6,8,11,13,16H,5,7,9-10,12H2,1-2H3. The third-order valence-corrected chi connectivity index (χ3v) is 7.55. The summed E-state index contributed by atoms with van der Waals surface area (Å²) in [5.74, 6) is 1.22. The molecule has 1 aliphatic rings. The monoisotopic (exact) mass is 434 g/mol. The van der Waals surface area contributed by atoms with Gasteiger partial charge in [0.2, 0.25) is 10.0 Å². The molecule has 0 amide bonds. The fraction of sp³-hybridized carbons (Fsp3) is 0.400. The Kier molecular flexibility index (Phi) is 5.50. The molecule has 3 heterocycles. The zero-order valence-electron chi connectivity index (χ0n) is 16.4. The van der Waals surface area contributed by atoms with Crippen LogP contribution in [-0.4, -0.2) is 40.6 Å². The Labute approximate surface area is 175 Å². The second kappa shape index (κ2) is 7.93. The number of halogens is 1. The van der Waals surface area contributed by atoms with Gasteiger partial charge in [-0.3, -0.25) is 4.68 Å². The van der Waals surface area contributed by atoms with Crippen molar-refractivity contribution >= 4 is 21.6 Å². The van der Waals surface area contributed by atoms with Crippen LogP contribution in [0.25, 0.3) is 0 Å². The van der Waals surface area contributed by atoms with E-state index in [2.05, 4.69) is 10.1 Å². The topological polar surface area (TPSA) is 81.2 Å². The maximum Gasteiger partial charge on any atom is 0.246 e. The van der Waals surface area contributed by atoms with Crippen LogP contribution in [0.4, 0.5) is 0 Å². The SMILES string of the molecule is Cc1nn(C)cc1S(=O)(=O)N1CCCC(c2ncc(Cc3ccccc3Cl)o2)C1. The van der Waals surface area contributed by atoms with Gasteiger partial charge in [0.25, 0.3) is 0 Å². The minimum atomic E-state index is -3.60. The Bertz CT molecular complexity index is 1120. The van der Waals surface area contributed by atoms with Crippen LogP contribution in [0.5, 0.6) is 0 Å². The average molecular weight is 435 g/mol. The highest BCUT2D eigenvalue weighted by Gasteiger charge is 2.34. The molecule has 0 spiro atoms. The van der Waals surface area contributed by atoms with Crippen LogP contribution >= 0.6 is 11.6 Å². The summed E-state index contributed by atoms with van der Waals surface area (Å²) in [7, 11) is -1.88. The molecule has 0 saturated carbocycles. The molecule has 1 unspecified atom stereocenters. The number of rotatable bonds is 5. The molecule has 1 saturated heterocycles. The summed E-state index contributed by atoms with van der Waals surface area (Å²) >= 11 is 6.23. The Morgan fingerprint density at radius 3 is 2.83 bits per heavy atom. The molecule has 2 aromatic heterocycles. The first-order valence-electron chi connectivity index (χ1n) is 9.53. The van der Waals surface area contributed by atoms with Gasteiger partial charge in [-0.2, -0.15) is 9.40 Å². The van der Waals surface area contributed by atoms with Gasteiger partial charge >= 0.3 is 0 Å². The number of piperidine rings is 1. The largest absolute Gasteiger partial charge is 0.445 e. The van der Waals surface area contributed by atoms with Crippen LogP contribution in [0.2, 0.25) is 5.02 Å². The minimum Gasteiger partial charge on any atom is -0.445 e. The molecule has 29 heavy (non-hydrogen) atoms. The van der Waals surface area contributed by atoms with Gasteiger partial charge in [-0.1, -0.05) is 29.8 Å². The molecule has 4 rings (SSSR count). The van der Waals surface area contributed by atoms with Gasteiger partial charge < -0.3 is 4.42 Å². The van der Waals surface area contributed by atoms with E-state index in [1.54, 1.807) is 26.4 Å². The summed E-state index contributed by atoms with van der Waals surface area (Å²) in [5, 5.41) is 4.86. The van der Waals surface area contributed by atoms with Gasteiger partial charge in [-0.05, 0) is 31.4 Å². The normalized spacial score (nSPS) is 18.2. The molecular formula is C20H23ClN4O3S. The molecular weight excluding hydrogens is 412 g/mol.